The van der Waals surface area contributed by atoms with Crippen molar-refractivity contribution in [1.82, 2.24) is 4.90 Å². The van der Waals surface area contributed by atoms with Crippen LogP contribution in [0.5, 0.6) is 0 Å². The number of carboxylic acids is 1. The van der Waals surface area contributed by atoms with Gasteiger partial charge >= 0.3 is 5.97 Å². The minimum absolute atomic E-state index is 0.0215. The van der Waals surface area contributed by atoms with E-state index in [1.54, 1.807) is 0 Å². The molecular formula is C12H16ClNO2. The molecule has 16 heavy (non-hydrogen) atoms. The van der Waals surface area contributed by atoms with Crippen LogP contribution >= 0.6 is 11.6 Å². The molecule has 0 aromatic heterocycles. The molecule has 1 rings (SSSR count). The Morgan fingerprint density at radius 2 is 2.00 bits per heavy atom. The fourth-order valence-electron chi connectivity index (χ4n) is 1.44. The first-order valence-corrected chi connectivity index (χ1v) is 5.53. The molecule has 0 aliphatic rings. The number of carbonyl (C=O) groups is 1. The quantitative estimate of drug-likeness (QED) is 0.862. The van der Waals surface area contributed by atoms with Crippen LogP contribution in [0.2, 0.25) is 5.02 Å². The summed E-state index contributed by atoms with van der Waals surface area (Å²) < 4.78 is 0. The number of halogens is 1. The van der Waals surface area contributed by atoms with E-state index >= 15 is 0 Å². The lowest BCUT2D eigenvalue weighted by Gasteiger charge is -2.23. The second kappa shape index (κ2) is 5.87. The summed E-state index contributed by atoms with van der Waals surface area (Å²) in [6, 6.07) is 7.60. The van der Waals surface area contributed by atoms with E-state index < -0.39 is 5.97 Å². The van der Waals surface area contributed by atoms with E-state index in [0.717, 1.165) is 12.1 Å². The van der Waals surface area contributed by atoms with E-state index in [0.29, 0.717) is 5.02 Å². The molecule has 88 valence electrons. The topological polar surface area (TPSA) is 40.5 Å². The molecule has 3 nitrogen and oxygen atoms in total. The molecule has 0 aliphatic carbocycles. The lowest BCUT2D eigenvalue weighted by Crippen LogP contribution is -2.30. The lowest BCUT2D eigenvalue weighted by molar-refractivity contribution is -0.138. The van der Waals surface area contributed by atoms with Gasteiger partial charge in [-0.15, -0.1) is 0 Å². The molecule has 0 fully saturated rings. The average Bonchev–Trinajstić information content (AvgIpc) is 2.20. The van der Waals surface area contributed by atoms with Crippen molar-refractivity contribution in [1.29, 1.82) is 0 Å². The zero-order valence-corrected chi connectivity index (χ0v) is 10.2. The lowest BCUT2D eigenvalue weighted by atomic mass is 10.1. The molecule has 4 heteroatoms. The van der Waals surface area contributed by atoms with Crippen LogP contribution < -0.4 is 0 Å². The Kier molecular flexibility index (Phi) is 4.77. The van der Waals surface area contributed by atoms with Crippen LogP contribution in [0.25, 0.3) is 0 Å². The van der Waals surface area contributed by atoms with Crippen molar-refractivity contribution < 1.29 is 9.90 Å². The highest BCUT2D eigenvalue weighted by atomic mass is 35.5. The second-order valence-electron chi connectivity index (χ2n) is 3.99. The first kappa shape index (κ1) is 13.0. The third kappa shape index (κ3) is 4.21. The number of benzene rings is 1. The van der Waals surface area contributed by atoms with Gasteiger partial charge < -0.3 is 5.11 Å². The molecule has 0 radical (unpaired) electrons. The third-order valence-corrected chi connectivity index (χ3v) is 2.82. The van der Waals surface area contributed by atoms with Crippen molar-refractivity contribution in [3.63, 3.8) is 0 Å². The SMILES string of the molecule is CC(CC(=O)O)N(C)Cc1ccc(Cl)cc1. The maximum Gasteiger partial charge on any atom is 0.304 e. The monoisotopic (exact) mass is 241 g/mol. The van der Waals surface area contributed by atoms with E-state index in [9.17, 15) is 4.79 Å². The van der Waals surface area contributed by atoms with Crippen molar-refractivity contribution in [2.45, 2.75) is 25.9 Å². The van der Waals surface area contributed by atoms with E-state index in [2.05, 4.69) is 0 Å². The predicted molar refractivity (Wildman–Crippen MR) is 64.6 cm³/mol. The summed E-state index contributed by atoms with van der Waals surface area (Å²) in [4.78, 5) is 12.6. The van der Waals surface area contributed by atoms with Gasteiger partial charge in [0.25, 0.3) is 0 Å². The maximum absolute atomic E-state index is 10.6. The molecule has 1 atom stereocenters. The zero-order valence-electron chi connectivity index (χ0n) is 9.48. The summed E-state index contributed by atoms with van der Waals surface area (Å²) in [5.74, 6) is -0.768. The van der Waals surface area contributed by atoms with Gasteiger partial charge in [-0.3, -0.25) is 9.69 Å². The first-order valence-electron chi connectivity index (χ1n) is 5.15. The highest BCUT2D eigenvalue weighted by molar-refractivity contribution is 6.30. The van der Waals surface area contributed by atoms with Gasteiger partial charge in [0.15, 0.2) is 0 Å². The van der Waals surface area contributed by atoms with Crippen LogP contribution in [-0.2, 0) is 11.3 Å². The molecule has 0 saturated carbocycles. The molecule has 1 N–H and O–H groups in total. The molecule has 0 heterocycles. The summed E-state index contributed by atoms with van der Waals surface area (Å²) >= 11 is 5.79. The highest BCUT2D eigenvalue weighted by Gasteiger charge is 2.12. The Morgan fingerprint density at radius 3 is 2.50 bits per heavy atom. The van der Waals surface area contributed by atoms with E-state index in [1.807, 2.05) is 43.1 Å². The van der Waals surface area contributed by atoms with Crippen LogP contribution in [0.3, 0.4) is 0 Å². The predicted octanol–water partition coefficient (Wildman–Crippen LogP) is 2.64. The van der Waals surface area contributed by atoms with Gasteiger partial charge in [0.2, 0.25) is 0 Å². The first-order chi connectivity index (χ1) is 7.49. The van der Waals surface area contributed by atoms with Crippen molar-refractivity contribution in [2.24, 2.45) is 0 Å². The molecule has 1 unspecified atom stereocenters. The summed E-state index contributed by atoms with van der Waals surface area (Å²) in [7, 11) is 1.92. The molecule has 0 aliphatic heterocycles. The van der Waals surface area contributed by atoms with Gasteiger partial charge in [0.1, 0.15) is 0 Å². The van der Waals surface area contributed by atoms with Crippen molar-refractivity contribution in [3.05, 3.63) is 34.9 Å². The molecule has 1 aromatic rings. The molecule has 0 spiro atoms. The highest BCUT2D eigenvalue weighted by Crippen LogP contribution is 2.12. The van der Waals surface area contributed by atoms with Crippen LogP contribution in [0, 0.1) is 0 Å². The van der Waals surface area contributed by atoms with Gasteiger partial charge in [0, 0.05) is 17.6 Å². The summed E-state index contributed by atoms with van der Waals surface area (Å²) in [5.41, 5.74) is 1.13. The van der Waals surface area contributed by atoms with Crippen LogP contribution in [0.4, 0.5) is 0 Å². The standard InChI is InChI=1S/C12H16ClNO2/c1-9(7-12(15)16)14(2)8-10-3-5-11(13)6-4-10/h3-6,9H,7-8H2,1-2H3,(H,15,16). The van der Waals surface area contributed by atoms with E-state index in [1.165, 1.54) is 0 Å². The molecule has 0 saturated heterocycles. The molecule has 0 amide bonds. The maximum atomic E-state index is 10.6. The minimum Gasteiger partial charge on any atom is -0.481 e. The second-order valence-corrected chi connectivity index (χ2v) is 4.42. The molecule has 1 aromatic carbocycles. The average molecular weight is 242 g/mol. The number of hydrogen-bond acceptors (Lipinski definition) is 2. The Hall–Kier alpha value is -1.06. The third-order valence-electron chi connectivity index (χ3n) is 2.57. The fraction of sp³-hybridized carbons (Fsp3) is 0.417. The number of aliphatic carboxylic acids is 1. The van der Waals surface area contributed by atoms with Crippen LogP contribution in [0.1, 0.15) is 18.9 Å². The number of carboxylic acid groups (broad SMARTS) is 1. The summed E-state index contributed by atoms with van der Waals surface area (Å²) in [6.45, 7) is 2.63. The van der Waals surface area contributed by atoms with Crippen LogP contribution in [-0.4, -0.2) is 29.1 Å². The molecular weight excluding hydrogens is 226 g/mol. The largest absolute Gasteiger partial charge is 0.481 e. The Bertz CT molecular complexity index is 351. The number of rotatable bonds is 5. The van der Waals surface area contributed by atoms with Crippen molar-refractivity contribution in [3.8, 4) is 0 Å². The van der Waals surface area contributed by atoms with Gasteiger partial charge in [-0.2, -0.15) is 0 Å². The Labute approximate surface area is 101 Å². The molecule has 0 bridgehead atoms. The Balaban J connectivity index is 2.53. The fourth-order valence-corrected chi connectivity index (χ4v) is 1.57. The van der Waals surface area contributed by atoms with Crippen molar-refractivity contribution in [2.75, 3.05) is 7.05 Å². The van der Waals surface area contributed by atoms with Gasteiger partial charge in [0.05, 0.1) is 6.42 Å². The van der Waals surface area contributed by atoms with Gasteiger partial charge in [-0.25, -0.2) is 0 Å². The van der Waals surface area contributed by atoms with Crippen molar-refractivity contribution >= 4 is 17.6 Å². The van der Waals surface area contributed by atoms with Gasteiger partial charge in [-0.05, 0) is 31.7 Å². The van der Waals surface area contributed by atoms with E-state index in [4.69, 9.17) is 16.7 Å². The van der Waals surface area contributed by atoms with Crippen LogP contribution in [0.15, 0.2) is 24.3 Å². The Morgan fingerprint density at radius 1 is 1.44 bits per heavy atom. The normalized spacial score (nSPS) is 12.8. The number of nitrogens with zero attached hydrogens (tertiary/aromatic N) is 1. The zero-order chi connectivity index (χ0) is 12.1. The summed E-state index contributed by atoms with van der Waals surface area (Å²) in [6.07, 6.45) is 0.157. The number of hydrogen-bond donors (Lipinski definition) is 1. The van der Waals surface area contributed by atoms with Gasteiger partial charge in [-0.1, -0.05) is 23.7 Å². The summed E-state index contributed by atoms with van der Waals surface area (Å²) in [5, 5.41) is 9.40. The smallest absolute Gasteiger partial charge is 0.304 e. The van der Waals surface area contributed by atoms with E-state index in [-0.39, 0.29) is 12.5 Å². The minimum atomic E-state index is -0.768.